The summed E-state index contributed by atoms with van der Waals surface area (Å²) in [5.74, 6) is -0.856. The summed E-state index contributed by atoms with van der Waals surface area (Å²) in [4.78, 5) is 33.2. The first-order valence-corrected chi connectivity index (χ1v) is 15.7. The fourth-order valence-corrected chi connectivity index (χ4v) is 6.05. The fraction of sp³-hybridized carbons (Fsp3) is 0.324. The number of unbranched alkanes of at least 4 members (excludes halogenated alkanes) is 2. The number of Topliss-reactive ketones (excluding diaryl/α,β-unsaturated/α-hetero) is 1. The molecule has 0 spiro atoms. The van der Waals surface area contributed by atoms with E-state index in [2.05, 4.69) is 11.9 Å². The van der Waals surface area contributed by atoms with Crippen LogP contribution in [-0.4, -0.2) is 41.6 Å². The molecule has 8 nitrogen and oxygen atoms in total. The predicted molar refractivity (Wildman–Crippen MR) is 169 cm³/mol. The van der Waals surface area contributed by atoms with Gasteiger partial charge >= 0.3 is 5.91 Å². The first-order chi connectivity index (χ1) is 21.4. The standard InChI is InChI=1S/C34H35FN2O6S/c1-4-7-8-18-43-26-16-11-22(19-27(26)41-6-3)30-29(31(38)21-9-13-24(14-10-21)42-17-5-2)32(39)33(40)37(30)34-36-25-15-12-23(35)20-28(25)44-34/h9-16,19-20,30,38H,4-8,17-18H2,1-3H3. The van der Waals surface area contributed by atoms with Crippen LogP contribution in [0.5, 0.6) is 17.2 Å². The third kappa shape index (κ3) is 6.40. The number of ketones is 1. The Morgan fingerprint density at radius 3 is 2.43 bits per heavy atom. The average Bonchev–Trinajstić information content (AvgIpc) is 3.56. The van der Waals surface area contributed by atoms with Gasteiger partial charge in [0.2, 0.25) is 0 Å². The number of carbonyl (C=O) groups excluding carboxylic acids is 2. The van der Waals surface area contributed by atoms with Crippen LogP contribution in [0.2, 0.25) is 0 Å². The second-order valence-corrected chi connectivity index (χ2v) is 11.4. The number of aliphatic hydroxyl groups is 1. The van der Waals surface area contributed by atoms with E-state index in [0.717, 1.165) is 37.0 Å². The molecule has 1 aromatic heterocycles. The summed E-state index contributed by atoms with van der Waals surface area (Å²) >= 11 is 1.09. The zero-order valence-electron chi connectivity index (χ0n) is 25.0. The van der Waals surface area contributed by atoms with Gasteiger partial charge in [-0.3, -0.25) is 14.5 Å². The second-order valence-electron chi connectivity index (χ2n) is 10.3. The Labute approximate surface area is 259 Å². The van der Waals surface area contributed by atoms with Crippen molar-refractivity contribution in [2.45, 2.75) is 52.5 Å². The molecular formula is C34H35FN2O6S. The Hall–Kier alpha value is -4.44. The SMILES string of the molecule is CCCCCOc1ccc(C2C(=C(O)c3ccc(OCCC)cc3)C(=O)C(=O)N2c2nc3ccc(F)cc3s2)cc1OCC. The summed E-state index contributed by atoms with van der Waals surface area (Å²) in [5.41, 5.74) is 1.26. The maximum atomic E-state index is 14.0. The van der Waals surface area contributed by atoms with Crippen LogP contribution in [0.25, 0.3) is 16.0 Å². The van der Waals surface area contributed by atoms with Gasteiger partial charge in [-0.25, -0.2) is 9.37 Å². The number of fused-ring (bicyclic) bond motifs is 1. The number of halogens is 1. The Kier molecular flexibility index (Phi) is 9.79. The molecule has 0 saturated carbocycles. The zero-order chi connectivity index (χ0) is 31.2. The minimum Gasteiger partial charge on any atom is -0.507 e. The van der Waals surface area contributed by atoms with Gasteiger partial charge in [0, 0.05) is 5.56 Å². The van der Waals surface area contributed by atoms with Gasteiger partial charge < -0.3 is 19.3 Å². The van der Waals surface area contributed by atoms with Crippen LogP contribution < -0.4 is 19.1 Å². The maximum Gasteiger partial charge on any atom is 0.301 e. The van der Waals surface area contributed by atoms with Crippen LogP contribution in [0.4, 0.5) is 9.52 Å². The number of rotatable bonds is 13. The number of anilines is 1. The van der Waals surface area contributed by atoms with Crippen molar-refractivity contribution in [3.63, 3.8) is 0 Å². The molecular weight excluding hydrogens is 583 g/mol. The molecule has 4 aromatic rings. The van der Waals surface area contributed by atoms with E-state index in [9.17, 15) is 19.1 Å². The number of hydrogen-bond acceptors (Lipinski definition) is 8. The largest absolute Gasteiger partial charge is 0.507 e. The smallest absolute Gasteiger partial charge is 0.301 e. The molecule has 5 rings (SSSR count). The number of benzene rings is 3. The predicted octanol–water partition coefficient (Wildman–Crippen LogP) is 7.82. The molecule has 1 atom stereocenters. The van der Waals surface area contributed by atoms with Gasteiger partial charge in [0.15, 0.2) is 16.6 Å². The highest BCUT2D eigenvalue weighted by Gasteiger charge is 2.48. The molecule has 1 aliphatic rings. The lowest BCUT2D eigenvalue weighted by Crippen LogP contribution is -2.29. The van der Waals surface area contributed by atoms with Gasteiger partial charge in [0.05, 0.1) is 41.7 Å². The van der Waals surface area contributed by atoms with Crippen molar-refractivity contribution in [3.8, 4) is 17.2 Å². The quantitative estimate of drug-likeness (QED) is 0.0706. The maximum absolute atomic E-state index is 14.0. The Balaban J connectivity index is 1.63. The first-order valence-electron chi connectivity index (χ1n) is 14.9. The van der Waals surface area contributed by atoms with Gasteiger partial charge in [-0.2, -0.15) is 0 Å². The molecule has 1 saturated heterocycles. The van der Waals surface area contributed by atoms with E-state index in [4.69, 9.17) is 14.2 Å². The minimum atomic E-state index is -1.04. The third-order valence-electron chi connectivity index (χ3n) is 7.18. The lowest BCUT2D eigenvalue weighted by atomic mass is 9.95. The summed E-state index contributed by atoms with van der Waals surface area (Å²) in [6, 6.07) is 15.0. The lowest BCUT2D eigenvalue weighted by Gasteiger charge is -2.24. The highest BCUT2D eigenvalue weighted by molar-refractivity contribution is 7.22. The van der Waals surface area contributed by atoms with Crippen LogP contribution in [-0.2, 0) is 9.59 Å². The molecule has 3 aromatic carbocycles. The first kappa shape index (κ1) is 31.0. The van der Waals surface area contributed by atoms with Crippen molar-refractivity contribution in [1.29, 1.82) is 0 Å². The van der Waals surface area contributed by atoms with E-state index in [1.807, 2.05) is 13.8 Å². The Morgan fingerprint density at radius 2 is 1.70 bits per heavy atom. The van der Waals surface area contributed by atoms with Crippen LogP contribution >= 0.6 is 11.3 Å². The summed E-state index contributed by atoms with van der Waals surface area (Å²) in [5, 5.41) is 11.8. The van der Waals surface area contributed by atoms with E-state index in [-0.39, 0.29) is 16.5 Å². The van der Waals surface area contributed by atoms with Crippen molar-refractivity contribution < 1.29 is 33.3 Å². The molecule has 44 heavy (non-hydrogen) atoms. The number of aliphatic hydroxyl groups excluding tert-OH is 1. The highest BCUT2D eigenvalue weighted by atomic mass is 32.1. The number of nitrogens with zero attached hydrogens (tertiary/aromatic N) is 2. The Bertz CT molecular complexity index is 1680. The lowest BCUT2D eigenvalue weighted by molar-refractivity contribution is -0.132. The van der Waals surface area contributed by atoms with E-state index in [1.54, 1.807) is 42.5 Å². The summed E-state index contributed by atoms with van der Waals surface area (Å²) in [6.45, 7) is 7.41. The third-order valence-corrected chi connectivity index (χ3v) is 8.20. The monoisotopic (exact) mass is 618 g/mol. The molecule has 1 amide bonds. The second kappa shape index (κ2) is 13.9. The van der Waals surface area contributed by atoms with Crippen molar-refractivity contribution in [2.75, 3.05) is 24.7 Å². The topological polar surface area (TPSA) is 98.2 Å². The van der Waals surface area contributed by atoms with Crippen LogP contribution in [0.1, 0.15) is 63.6 Å². The van der Waals surface area contributed by atoms with Crippen molar-refractivity contribution in [3.05, 3.63) is 83.2 Å². The van der Waals surface area contributed by atoms with Crippen LogP contribution in [0.15, 0.2) is 66.2 Å². The molecule has 0 bridgehead atoms. The van der Waals surface area contributed by atoms with Gasteiger partial charge in [-0.15, -0.1) is 0 Å². The fourth-order valence-electron chi connectivity index (χ4n) is 5.04. The average molecular weight is 619 g/mol. The molecule has 230 valence electrons. The number of aromatic nitrogens is 1. The van der Waals surface area contributed by atoms with Crippen LogP contribution in [0, 0.1) is 5.82 Å². The number of carbonyl (C=O) groups is 2. The summed E-state index contributed by atoms with van der Waals surface area (Å²) in [7, 11) is 0. The van der Waals surface area contributed by atoms with Gasteiger partial charge in [0.25, 0.3) is 5.78 Å². The van der Waals surface area contributed by atoms with Gasteiger partial charge in [-0.05, 0) is 79.9 Å². The molecule has 1 N–H and O–H groups in total. The number of hydrogen-bond donors (Lipinski definition) is 1. The number of ether oxygens (including phenoxy) is 3. The summed E-state index contributed by atoms with van der Waals surface area (Å²) < 4.78 is 32.1. The number of thiazole rings is 1. The number of amides is 1. The molecule has 10 heteroatoms. The normalized spacial score (nSPS) is 16.1. The molecule has 2 heterocycles. The Morgan fingerprint density at radius 1 is 0.909 bits per heavy atom. The van der Waals surface area contributed by atoms with Crippen molar-refractivity contribution >= 4 is 44.1 Å². The molecule has 0 radical (unpaired) electrons. The van der Waals surface area contributed by atoms with Gasteiger partial charge in [-0.1, -0.05) is 44.1 Å². The van der Waals surface area contributed by atoms with Crippen molar-refractivity contribution in [2.24, 2.45) is 0 Å². The molecule has 1 aliphatic heterocycles. The molecule has 0 aliphatic carbocycles. The molecule has 1 unspecified atom stereocenters. The highest BCUT2D eigenvalue weighted by Crippen LogP contribution is 2.46. The van der Waals surface area contributed by atoms with E-state index < -0.39 is 23.5 Å². The zero-order valence-corrected chi connectivity index (χ0v) is 25.8. The van der Waals surface area contributed by atoms with E-state index >= 15 is 0 Å². The van der Waals surface area contributed by atoms with Gasteiger partial charge in [0.1, 0.15) is 17.3 Å². The summed E-state index contributed by atoms with van der Waals surface area (Å²) in [6.07, 6.45) is 3.83. The van der Waals surface area contributed by atoms with E-state index in [1.165, 1.54) is 23.1 Å². The van der Waals surface area contributed by atoms with Crippen molar-refractivity contribution in [1.82, 2.24) is 4.98 Å². The van der Waals surface area contributed by atoms with Crippen LogP contribution in [0.3, 0.4) is 0 Å². The molecule has 1 fully saturated rings. The minimum absolute atomic E-state index is 0.0956. The van der Waals surface area contributed by atoms with E-state index in [0.29, 0.717) is 58.4 Å².